The van der Waals surface area contributed by atoms with Crippen LogP contribution in [-0.4, -0.2) is 42.9 Å². The predicted molar refractivity (Wildman–Crippen MR) is 95.9 cm³/mol. The van der Waals surface area contributed by atoms with Gasteiger partial charge in [-0.1, -0.05) is 13.0 Å². The molecule has 0 saturated heterocycles. The van der Waals surface area contributed by atoms with Gasteiger partial charge in [-0.15, -0.1) is 21.5 Å². The van der Waals surface area contributed by atoms with Crippen LogP contribution in [0, 0.1) is 0 Å². The van der Waals surface area contributed by atoms with Crippen molar-refractivity contribution < 1.29 is 4.79 Å². The van der Waals surface area contributed by atoms with E-state index in [1.165, 1.54) is 0 Å². The topological polar surface area (TPSA) is 91.7 Å². The van der Waals surface area contributed by atoms with Gasteiger partial charge in [0, 0.05) is 13.6 Å². The number of hydrogen-bond acceptors (Lipinski definition) is 5. The summed E-state index contributed by atoms with van der Waals surface area (Å²) in [5, 5.41) is 20.1. The number of carbonyl (C=O) groups is 1. The van der Waals surface area contributed by atoms with Crippen molar-refractivity contribution in [3.05, 3.63) is 41.4 Å². The Labute approximate surface area is 149 Å². The molecule has 25 heavy (non-hydrogen) atoms. The third-order valence-corrected chi connectivity index (χ3v) is 4.61. The maximum absolute atomic E-state index is 12.3. The van der Waals surface area contributed by atoms with Gasteiger partial charge in [-0.3, -0.25) is 5.10 Å². The molecule has 3 aromatic rings. The van der Waals surface area contributed by atoms with Crippen LogP contribution in [0.25, 0.3) is 10.6 Å². The van der Waals surface area contributed by atoms with Crippen molar-refractivity contribution in [2.45, 2.75) is 33.0 Å². The Balaban J connectivity index is 1.53. The number of hydrogen-bond donors (Lipinski definition) is 2. The zero-order valence-electron chi connectivity index (χ0n) is 14.3. The first-order chi connectivity index (χ1) is 12.2. The van der Waals surface area contributed by atoms with Crippen molar-refractivity contribution in [1.29, 1.82) is 0 Å². The lowest BCUT2D eigenvalue weighted by atomic mass is 10.3. The molecular weight excluding hydrogens is 338 g/mol. The Morgan fingerprint density at radius 2 is 2.36 bits per heavy atom. The van der Waals surface area contributed by atoms with E-state index in [9.17, 15) is 4.79 Å². The van der Waals surface area contributed by atoms with E-state index in [4.69, 9.17) is 0 Å². The van der Waals surface area contributed by atoms with Crippen LogP contribution in [0.2, 0.25) is 0 Å². The summed E-state index contributed by atoms with van der Waals surface area (Å²) in [7, 11) is 1.75. The second-order valence-electron chi connectivity index (χ2n) is 5.71. The van der Waals surface area contributed by atoms with Crippen molar-refractivity contribution in [1.82, 2.24) is 35.2 Å². The number of aromatic nitrogens is 5. The quantitative estimate of drug-likeness (QED) is 0.678. The highest BCUT2D eigenvalue weighted by molar-refractivity contribution is 7.13. The van der Waals surface area contributed by atoms with Gasteiger partial charge in [0.2, 0.25) is 0 Å². The Morgan fingerprint density at radius 3 is 3.12 bits per heavy atom. The van der Waals surface area contributed by atoms with Crippen LogP contribution in [0.15, 0.2) is 29.9 Å². The predicted octanol–water partition coefficient (Wildman–Crippen LogP) is 2.48. The minimum absolute atomic E-state index is 0.168. The Kier molecular flexibility index (Phi) is 5.44. The maximum atomic E-state index is 12.3. The molecule has 0 atom stereocenters. The number of thiophene rings is 1. The number of aryl methyl sites for hydroxylation is 1. The van der Waals surface area contributed by atoms with E-state index < -0.39 is 0 Å². The summed E-state index contributed by atoms with van der Waals surface area (Å²) in [6.07, 6.45) is 2.68. The normalized spacial score (nSPS) is 10.8. The van der Waals surface area contributed by atoms with Gasteiger partial charge in [-0.05, 0) is 23.9 Å². The zero-order chi connectivity index (χ0) is 17.6. The molecule has 2 amide bonds. The zero-order valence-corrected chi connectivity index (χ0v) is 15.1. The molecule has 0 fully saturated rings. The molecule has 0 aliphatic heterocycles. The molecule has 3 aromatic heterocycles. The largest absolute Gasteiger partial charge is 0.331 e. The summed E-state index contributed by atoms with van der Waals surface area (Å²) >= 11 is 1.64. The first-order valence-electron chi connectivity index (χ1n) is 8.11. The fourth-order valence-electron chi connectivity index (χ4n) is 2.45. The molecule has 0 unspecified atom stereocenters. The molecular formula is C16H21N7OS. The van der Waals surface area contributed by atoms with Gasteiger partial charge in [0.05, 0.1) is 23.7 Å². The molecule has 132 valence electrons. The van der Waals surface area contributed by atoms with Crippen molar-refractivity contribution in [2.24, 2.45) is 0 Å². The first kappa shape index (κ1) is 17.2. The van der Waals surface area contributed by atoms with Crippen LogP contribution in [0.3, 0.4) is 0 Å². The summed E-state index contributed by atoms with van der Waals surface area (Å²) in [6.45, 7) is 3.73. The molecule has 0 aliphatic carbocycles. The van der Waals surface area contributed by atoms with Crippen molar-refractivity contribution >= 4 is 17.4 Å². The maximum Gasteiger partial charge on any atom is 0.317 e. The van der Waals surface area contributed by atoms with Crippen molar-refractivity contribution in [3.63, 3.8) is 0 Å². The minimum atomic E-state index is -0.168. The molecule has 2 N–H and O–H groups in total. The highest BCUT2D eigenvalue weighted by atomic mass is 32.1. The summed E-state index contributed by atoms with van der Waals surface area (Å²) in [5.41, 5.74) is 1.78. The van der Waals surface area contributed by atoms with Gasteiger partial charge in [-0.25, -0.2) is 4.79 Å². The van der Waals surface area contributed by atoms with E-state index in [1.54, 1.807) is 29.6 Å². The number of urea groups is 1. The number of rotatable bonds is 7. The molecule has 0 radical (unpaired) electrons. The van der Waals surface area contributed by atoms with Crippen LogP contribution < -0.4 is 5.32 Å². The SMILES string of the molecule is CCCn1cnnc1CNC(=O)N(C)Cc1cc(-c2cccs2)n[nH]1. The number of nitrogens with zero attached hydrogens (tertiary/aromatic N) is 5. The van der Waals surface area contributed by atoms with Crippen LogP contribution >= 0.6 is 11.3 Å². The van der Waals surface area contributed by atoms with Crippen molar-refractivity contribution in [3.8, 4) is 10.6 Å². The second kappa shape index (κ2) is 7.93. The molecule has 0 spiro atoms. The van der Waals surface area contributed by atoms with Gasteiger partial charge in [0.1, 0.15) is 12.0 Å². The van der Waals surface area contributed by atoms with E-state index in [1.807, 2.05) is 28.1 Å². The highest BCUT2D eigenvalue weighted by Crippen LogP contribution is 2.23. The molecule has 0 saturated carbocycles. The first-order valence-corrected chi connectivity index (χ1v) is 8.99. The van der Waals surface area contributed by atoms with Gasteiger partial charge < -0.3 is 14.8 Å². The van der Waals surface area contributed by atoms with Crippen molar-refractivity contribution in [2.75, 3.05) is 7.05 Å². The van der Waals surface area contributed by atoms with E-state index in [2.05, 4.69) is 32.6 Å². The Morgan fingerprint density at radius 1 is 1.48 bits per heavy atom. The summed E-state index contributed by atoms with van der Waals surface area (Å²) in [6, 6.07) is 5.81. The van der Waals surface area contributed by atoms with E-state index in [-0.39, 0.29) is 6.03 Å². The van der Waals surface area contributed by atoms with E-state index in [0.717, 1.165) is 35.1 Å². The van der Waals surface area contributed by atoms with E-state index in [0.29, 0.717) is 13.1 Å². The third kappa shape index (κ3) is 4.24. The van der Waals surface area contributed by atoms with Crippen LogP contribution in [0.5, 0.6) is 0 Å². The monoisotopic (exact) mass is 359 g/mol. The molecule has 9 heteroatoms. The number of carbonyl (C=O) groups excluding carboxylic acids is 1. The van der Waals surface area contributed by atoms with Gasteiger partial charge in [0.15, 0.2) is 5.82 Å². The average Bonchev–Trinajstić information content (AvgIpc) is 3.34. The summed E-state index contributed by atoms with van der Waals surface area (Å²) in [5.74, 6) is 0.755. The third-order valence-electron chi connectivity index (χ3n) is 3.72. The highest BCUT2D eigenvalue weighted by Gasteiger charge is 2.13. The number of amides is 2. The Hall–Kier alpha value is -2.68. The number of nitrogens with one attached hydrogen (secondary N) is 2. The van der Waals surface area contributed by atoms with Gasteiger partial charge in [0.25, 0.3) is 0 Å². The van der Waals surface area contributed by atoms with Gasteiger partial charge >= 0.3 is 6.03 Å². The molecule has 0 aromatic carbocycles. The van der Waals surface area contributed by atoms with Crippen LogP contribution in [-0.2, 0) is 19.6 Å². The van der Waals surface area contributed by atoms with Gasteiger partial charge in [-0.2, -0.15) is 5.10 Å². The van der Waals surface area contributed by atoms with Crippen LogP contribution in [0.1, 0.15) is 24.9 Å². The lowest BCUT2D eigenvalue weighted by Gasteiger charge is -2.17. The smallest absolute Gasteiger partial charge is 0.317 e. The molecule has 0 bridgehead atoms. The molecule has 0 aliphatic rings. The van der Waals surface area contributed by atoms with Crippen LogP contribution in [0.4, 0.5) is 4.79 Å². The fourth-order valence-corrected chi connectivity index (χ4v) is 3.14. The molecule has 3 heterocycles. The Bertz CT molecular complexity index is 808. The minimum Gasteiger partial charge on any atom is -0.331 e. The fraction of sp³-hybridized carbons (Fsp3) is 0.375. The number of H-pyrrole nitrogens is 1. The van der Waals surface area contributed by atoms with E-state index >= 15 is 0 Å². The second-order valence-corrected chi connectivity index (χ2v) is 6.66. The molecule has 8 nitrogen and oxygen atoms in total. The lowest BCUT2D eigenvalue weighted by molar-refractivity contribution is 0.205. The average molecular weight is 359 g/mol. The summed E-state index contributed by atoms with van der Waals surface area (Å²) < 4.78 is 1.95. The molecule has 3 rings (SSSR count). The standard InChI is InChI=1S/C16H21N7OS/c1-3-6-23-11-18-21-15(23)9-17-16(24)22(2)10-12-8-13(20-19-12)14-5-4-7-25-14/h4-5,7-8,11H,3,6,9-10H2,1-2H3,(H,17,24)(H,19,20). The number of aromatic amines is 1. The lowest BCUT2D eigenvalue weighted by Crippen LogP contribution is -2.37. The summed E-state index contributed by atoms with van der Waals surface area (Å²) in [4.78, 5) is 15.0.